The summed E-state index contributed by atoms with van der Waals surface area (Å²) in [4.78, 5) is 0. The molecule has 0 bridgehead atoms. The molecule has 2 saturated carbocycles. The van der Waals surface area contributed by atoms with Crippen LogP contribution in [0, 0.1) is 0 Å². The fourth-order valence-electron chi connectivity index (χ4n) is 5.60. The summed E-state index contributed by atoms with van der Waals surface area (Å²) in [6.45, 7) is 5.73. The molecule has 0 aromatic rings. The number of hydrogen-bond acceptors (Lipinski definition) is 1. The zero-order chi connectivity index (χ0) is 13.8. The van der Waals surface area contributed by atoms with Crippen LogP contribution in [0.2, 0.25) is 0 Å². The summed E-state index contributed by atoms with van der Waals surface area (Å²) in [7, 11) is -1.21. The van der Waals surface area contributed by atoms with Crippen LogP contribution in [0.5, 0.6) is 0 Å². The van der Waals surface area contributed by atoms with Crippen molar-refractivity contribution >= 4 is 7.41 Å². The van der Waals surface area contributed by atoms with Crippen molar-refractivity contribution in [2.45, 2.75) is 94.8 Å². The Labute approximate surface area is 127 Å². The van der Waals surface area contributed by atoms with Crippen LogP contribution < -0.4 is 0 Å². The van der Waals surface area contributed by atoms with Crippen LogP contribution in [0.4, 0.5) is 0 Å². The fourth-order valence-corrected chi connectivity index (χ4v) is 11.7. The van der Waals surface area contributed by atoms with Gasteiger partial charge in [0.2, 0.25) is 0 Å². The van der Waals surface area contributed by atoms with Gasteiger partial charge in [-0.3, -0.25) is 0 Å². The minimum atomic E-state index is -1.21. The molecular weight excluding hydrogens is 261 g/mol. The van der Waals surface area contributed by atoms with Gasteiger partial charge in [0, 0.05) is 0 Å². The molecule has 0 aromatic heterocycles. The van der Waals surface area contributed by atoms with Gasteiger partial charge in [-0.05, 0) is 0 Å². The third-order valence-corrected chi connectivity index (χ3v) is 13.2. The van der Waals surface area contributed by atoms with Gasteiger partial charge in [-0.15, -0.1) is 0 Å². The molecule has 0 radical (unpaired) electrons. The predicted molar refractivity (Wildman–Crippen MR) is 93.4 cm³/mol. The normalized spacial score (nSPS) is 29.4. The van der Waals surface area contributed by atoms with Gasteiger partial charge in [0.25, 0.3) is 0 Å². The number of hydrogen-bond donors (Lipinski definition) is 0. The third kappa shape index (κ3) is 3.09. The van der Waals surface area contributed by atoms with E-state index in [-0.39, 0.29) is 0 Å². The monoisotopic (exact) mass is 297 g/mol. The van der Waals surface area contributed by atoms with Crippen LogP contribution in [0.3, 0.4) is 0 Å². The summed E-state index contributed by atoms with van der Waals surface area (Å²) in [5.74, 6) is 0. The van der Waals surface area contributed by atoms with Crippen LogP contribution in [-0.2, 0) is 0 Å². The van der Waals surface area contributed by atoms with E-state index in [4.69, 9.17) is 0 Å². The van der Waals surface area contributed by atoms with Gasteiger partial charge in [0.1, 0.15) is 0 Å². The molecule has 0 aromatic carbocycles. The molecule has 1 heterocycles. The van der Waals surface area contributed by atoms with Crippen LogP contribution in [0.1, 0.15) is 83.5 Å². The van der Waals surface area contributed by atoms with Crippen molar-refractivity contribution in [3.63, 3.8) is 0 Å². The van der Waals surface area contributed by atoms with E-state index in [2.05, 4.69) is 11.3 Å². The Morgan fingerprint density at radius 3 is 1.45 bits per heavy atom. The Morgan fingerprint density at radius 2 is 1.00 bits per heavy atom. The number of rotatable bonds is 3. The molecule has 3 fully saturated rings. The van der Waals surface area contributed by atoms with Crippen molar-refractivity contribution in [3.05, 3.63) is 0 Å². The first-order valence-electron chi connectivity index (χ1n) is 9.57. The number of nitrogens with zero attached hydrogens (tertiary/aromatic N) is 1. The summed E-state index contributed by atoms with van der Waals surface area (Å²) >= 11 is 0. The maximum absolute atomic E-state index is 3.10. The molecule has 0 spiro atoms. The molecule has 0 atom stereocenters. The molecule has 0 N–H and O–H groups in total. The molecule has 3 aliphatic rings. The Morgan fingerprint density at radius 1 is 0.600 bits per heavy atom. The van der Waals surface area contributed by atoms with E-state index in [1.165, 1.54) is 70.9 Å². The van der Waals surface area contributed by atoms with Crippen molar-refractivity contribution in [1.82, 2.24) is 4.67 Å². The topological polar surface area (TPSA) is 3.24 Å². The molecule has 0 amide bonds. The van der Waals surface area contributed by atoms with Crippen LogP contribution in [0.15, 0.2) is 0 Å². The van der Waals surface area contributed by atoms with Gasteiger partial charge in [-0.1, -0.05) is 0 Å². The second-order valence-corrected chi connectivity index (χ2v) is 12.7. The van der Waals surface area contributed by atoms with Gasteiger partial charge in [0.05, 0.1) is 0 Å². The summed E-state index contributed by atoms with van der Waals surface area (Å²) in [6.07, 6.45) is 20.0. The quantitative estimate of drug-likeness (QED) is 0.628. The molecule has 2 aliphatic carbocycles. The SMILES string of the molecule is C[PH](C1CCCCC1)(C1CCCCC1)N1CCCCC1. The van der Waals surface area contributed by atoms with Crippen molar-refractivity contribution in [3.8, 4) is 0 Å². The van der Waals surface area contributed by atoms with E-state index >= 15 is 0 Å². The van der Waals surface area contributed by atoms with E-state index < -0.39 is 7.41 Å². The Kier molecular flexibility index (Phi) is 5.43. The molecule has 20 heavy (non-hydrogen) atoms. The summed E-state index contributed by atoms with van der Waals surface area (Å²) in [5, 5.41) is 0. The van der Waals surface area contributed by atoms with Gasteiger partial charge >= 0.3 is 127 Å². The van der Waals surface area contributed by atoms with Crippen LogP contribution in [-0.4, -0.2) is 35.7 Å². The average molecular weight is 297 g/mol. The molecule has 118 valence electrons. The van der Waals surface area contributed by atoms with Gasteiger partial charge in [-0.25, -0.2) is 0 Å². The number of piperidine rings is 1. The van der Waals surface area contributed by atoms with Crippen molar-refractivity contribution < 1.29 is 0 Å². The zero-order valence-corrected chi connectivity index (χ0v) is 14.7. The Hall–Kier alpha value is 0.390. The van der Waals surface area contributed by atoms with E-state index in [1.54, 1.807) is 25.7 Å². The predicted octanol–water partition coefficient (Wildman–Crippen LogP) is 5.43. The summed E-state index contributed by atoms with van der Waals surface area (Å²) in [6, 6.07) is 0. The van der Waals surface area contributed by atoms with E-state index in [0.717, 1.165) is 11.3 Å². The first-order chi connectivity index (χ1) is 9.82. The Bertz CT molecular complexity index is 240. The van der Waals surface area contributed by atoms with Crippen LogP contribution in [0.25, 0.3) is 0 Å². The first kappa shape index (κ1) is 15.3. The summed E-state index contributed by atoms with van der Waals surface area (Å²) in [5.41, 5.74) is 2.27. The maximum atomic E-state index is 3.10. The van der Waals surface area contributed by atoms with E-state index in [0.29, 0.717) is 0 Å². The standard InChI is InChI=1S/C18H36NP/c1-20(17-11-5-2-6-12-17,18-13-7-3-8-14-18)19-15-9-4-10-16-19/h17-18,20H,2-16H2,1H3. The molecule has 3 rings (SSSR count). The van der Waals surface area contributed by atoms with Crippen molar-refractivity contribution in [2.24, 2.45) is 0 Å². The molecule has 0 unspecified atom stereocenters. The molecule has 1 aliphatic heterocycles. The Balaban J connectivity index is 1.79. The molecular formula is C18H36NP. The molecule has 1 saturated heterocycles. The van der Waals surface area contributed by atoms with E-state index in [9.17, 15) is 0 Å². The van der Waals surface area contributed by atoms with Crippen LogP contribution >= 0.6 is 7.41 Å². The zero-order valence-electron chi connectivity index (χ0n) is 13.7. The van der Waals surface area contributed by atoms with E-state index in [1.807, 2.05) is 0 Å². The van der Waals surface area contributed by atoms with Gasteiger partial charge in [0.15, 0.2) is 0 Å². The molecule has 2 heteroatoms. The fraction of sp³-hybridized carbons (Fsp3) is 1.00. The summed E-state index contributed by atoms with van der Waals surface area (Å²) < 4.78 is 3.10. The second-order valence-electron chi connectivity index (χ2n) is 7.94. The van der Waals surface area contributed by atoms with Crippen molar-refractivity contribution in [2.75, 3.05) is 19.8 Å². The van der Waals surface area contributed by atoms with Gasteiger partial charge < -0.3 is 0 Å². The average Bonchev–Trinajstić information content (AvgIpc) is 2.56. The third-order valence-electron chi connectivity index (χ3n) is 6.90. The molecule has 1 nitrogen and oxygen atoms in total. The minimum absolute atomic E-state index is 1.14. The second kappa shape index (κ2) is 7.10. The first-order valence-corrected chi connectivity index (χ1v) is 12.2. The van der Waals surface area contributed by atoms with Crippen molar-refractivity contribution in [1.29, 1.82) is 0 Å². The van der Waals surface area contributed by atoms with Gasteiger partial charge in [-0.2, -0.15) is 0 Å².